The molecule has 204 valence electrons. The highest BCUT2D eigenvalue weighted by molar-refractivity contribution is 6.22. The zero-order valence-corrected chi connectivity index (χ0v) is 23.3. The zero-order chi connectivity index (χ0) is 37.5. The smallest absolute Gasteiger partial charge is 0.114 e. The lowest BCUT2D eigenvalue weighted by Gasteiger charge is -2.19. The average molecular weight is 561 g/mol. The van der Waals surface area contributed by atoms with Gasteiger partial charge in [0.2, 0.25) is 0 Å². The molecule has 0 amide bonds. The highest BCUT2D eigenvalue weighted by atomic mass is 15.1. The molecule has 0 spiro atoms. The average Bonchev–Trinajstić information content (AvgIpc) is 3.56. The third-order valence-corrected chi connectivity index (χ3v) is 7.90. The number of rotatable bonds is 5. The SMILES string of the molecule is [2H]c1c([2H])c([2H])c(-c2ccc3c(-c4cccc(-n5c(CC)nc6ccccc65)c4)c4ccccc4c(-c4c([2H])c([2H])c([2H])c([2H])c4[2H])c3c2)c([2H])c1[2H]. The van der Waals surface area contributed by atoms with Gasteiger partial charge in [-0.2, -0.15) is 0 Å². The van der Waals surface area contributed by atoms with Gasteiger partial charge in [0.05, 0.1) is 24.7 Å². The van der Waals surface area contributed by atoms with Gasteiger partial charge in [-0.25, -0.2) is 4.98 Å². The van der Waals surface area contributed by atoms with Gasteiger partial charge in [0.1, 0.15) is 5.82 Å². The topological polar surface area (TPSA) is 17.8 Å². The summed E-state index contributed by atoms with van der Waals surface area (Å²) in [6.45, 7) is 2.06. The maximum atomic E-state index is 9.01. The minimum Gasteiger partial charge on any atom is -0.296 e. The largest absolute Gasteiger partial charge is 0.296 e. The summed E-state index contributed by atoms with van der Waals surface area (Å²) in [5.74, 6) is 0.901. The molecule has 43 heavy (non-hydrogen) atoms. The van der Waals surface area contributed by atoms with Crippen molar-refractivity contribution >= 4 is 32.6 Å². The van der Waals surface area contributed by atoms with Crippen molar-refractivity contribution in [3.8, 4) is 39.1 Å². The lowest BCUT2D eigenvalue weighted by molar-refractivity contribution is 0.908. The van der Waals surface area contributed by atoms with Crippen LogP contribution in [-0.2, 0) is 6.42 Å². The predicted octanol–water partition coefficient (Wildman–Crippen LogP) is 10.9. The Balaban J connectivity index is 1.52. The van der Waals surface area contributed by atoms with Crippen molar-refractivity contribution in [3.05, 3.63) is 157 Å². The number of imidazole rings is 1. The van der Waals surface area contributed by atoms with E-state index in [1.807, 2.05) is 72.8 Å². The molecule has 1 aromatic heterocycles. The normalized spacial score (nSPS) is 14.7. The van der Waals surface area contributed by atoms with Crippen LogP contribution in [0.4, 0.5) is 0 Å². The van der Waals surface area contributed by atoms with Gasteiger partial charge in [0, 0.05) is 12.1 Å². The van der Waals surface area contributed by atoms with Gasteiger partial charge in [0.15, 0.2) is 0 Å². The number of para-hydroxylation sites is 2. The van der Waals surface area contributed by atoms with Crippen molar-refractivity contribution in [2.75, 3.05) is 0 Å². The summed E-state index contributed by atoms with van der Waals surface area (Å²) in [4.78, 5) is 4.88. The van der Waals surface area contributed by atoms with Crippen molar-refractivity contribution in [2.24, 2.45) is 0 Å². The minimum absolute atomic E-state index is 0.000646. The first kappa shape index (κ1) is 16.8. The lowest BCUT2D eigenvalue weighted by atomic mass is 9.85. The fourth-order valence-corrected chi connectivity index (χ4v) is 6.09. The summed E-state index contributed by atoms with van der Waals surface area (Å²) < 4.78 is 87.8. The van der Waals surface area contributed by atoms with Crippen LogP contribution in [0.3, 0.4) is 0 Å². The number of aryl methyl sites for hydroxylation is 1. The second kappa shape index (κ2) is 10.4. The van der Waals surface area contributed by atoms with E-state index in [1.54, 1.807) is 12.1 Å². The standard InChI is InChI=1S/C41H30N2/c1-2-39-42-37-22-11-12-23-38(37)43(39)32-19-13-18-31(26-32)41-34-21-10-9-20-33(34)40(29-16-7-4-8-17-29)36-27-30(24-25-35(36)41)28-14-5-3-6-15-28/h3-27H,2H2,1H3/i3D,4D,5D,6D,7D,8D,14D,15D,16D,17D. The molecule has 0 fully saturated rings. The number of hydrogen-bond donors (Lipinski definition) is 0. The van der Waals surface area contributed by atoms with Gasteiger partial charge in [-0.15, -0.1) is 0 Å². The molecule has 0 aliphatic rings. The lowest BCUT2D eigenvalue weighted by Crippen LogP contribution is -2.00. The van der Waals surface area contributed by atoms with E-state index < -0.39 is 36.3 Å². The Morgan fingerprint density at radius 1 is 0.558 bits per heavy atom. The van der Waals surface area contributed by atoms with E-state index in [-0.39, 0.29) is 35.3 Å². The Bertz CT molecular complexity index is 2780. The third kappa shape index (κ3) is 4.23. The van der Waals surface area contributed by atoms with Crippen molar-refractivity contribution in [2.45, 2.75) is 13.3 Å². The summed E-state index contributed by atoms with van der Waals surface area (Å²) in [5.41, 5.74) is 5.15. The number of fused-ring (bicyclic) bond motifs is 3. The maximum absolute atomic E-state index is 9.01. The van der Waals surface area contributed by atoms with E-state index in [1.165, 1.54) is 0 Å². The fraction of sp³-hybridized carbons (Fsp3) is 0.0488. The number of benzene rings is 7. The quantitative estimate of drug-likeness (QED) is 0.191. The molecular weight excluding hydrogens is 520 g/mol. The van der Waals surface area contributed by atoms with Gasteiger partial charge in [-0.1, -0.05) is 128 Å². The first-order chi connectivity index (χ1) is 25.4. The van der Waals surface area contributed by atoms with Crippen molar-refractivity contribution in [1.29, 1.82) is 0 Å². The minimum atomic E-state index is -0.510. The Kier molecular flexibility index (Phi) is 4.08. The number of aromatic nitrogens is 2. The van der Waals surface area contributed by atoms with Crippen LogP contribution in [0.2, 0.25) is 0 Å². The summed E-state index contributed by atoms with van der Waals surface area (Å²) in [7, 11) is 0. The van der Waals surface area contributed by atoms with Crippen LogP contribution in [-0.4, -0.2) is 9.55 Å². The van der Waals surface area contributed by atoms with Crippen LogP contribution in [0.5, 0.6) is 0 Å². The van der Waals surface area contributed by atoms with E-state index in [2.05, 4.69) is 17.6 Å². The third-order valence-electron chi connectivity index (χ3n) is 7.90. The Morgan fingerprint density at radius 3 is 1.95 bits per heavy atom. The summed E-state index contributed by atoms with van der Waals surface area (Å²) >= 11 is 0. The van der Waals surface area contributed by atoms with Gasteiger partial charge in [0.25, 0.3) is 0 Å². The Labute approximate surface area is 265 Å². The Hall–Kier alpha value is -5.47. The van der Waals surface area contributed by atoms with Crippen LogP contribution >= 0.6 is 0 Å². The van der Waals surface area contributed by atoms with E-state index in [9.17, 15) is 0 Å². The highest BCUT2D eigenvalue weighted by Gasteiger charge is 2.18. The van der Waals surface area contributed by atoms with Crippen LogP contribution in [0.25, 0.3) is 71.6 Å². The van der Waals surface area contributed by atoms with Crippen molar-refractivity contribution < 1.29 is 13.7 Å². The summed E-state index contributed by atoms with van der Waals surface area (Å²) in [6, 6.07) is 24.4. The van der Waals surface area contributed by atoms with Gasteiger partial charge in [-0.3, -0.25) is 4.57 Å². The van der Waals surface area contributed by atoms with Gasteiger partial charge in [-0.05, 0) is 85.3 Å². The molecular formula is C41H30N2. The maximum Gasteiger partial charge on any atom is 0.114 e. The first-order valence-corrected chi connectivity index (χ1v) is 14.1. The molecule has 7 aromatic carbocycles. The molecule has 8 rings (SSSR count). The molecule has 0 saturated carbocycles. The Morgan fingerprint density at radius 2 is 1.21 bits per heavy atom. The van der Waals surface area contributed by atoms with Crippen LogP contribution < -0.4 is 0 Å². The van der Waals surface area contributed by atoms with E-state index >= 15 is 0 Å². The zero-order valence-electron chi connectivity index (χ0n) is 33.3. The molecule has 0 aliphatic heterocycles. The molecule has 0 N–H and O–H groups in total. The fourth-order valence-electron chi connectivity index (χ4n) is 6.09. The molecule has 0 bridgehead atoms. The second-order valence-corrected chi connectivity index (χ2v) is 10.3. The second-order valence-electron chi connectivity index (χ2n) is 10.3. The molecule has 0 aliphatic carbocycles. The van der Waals surface area contributed by atoms with Crippen molar-refractivity contribution in [1.82, 2.24) is 9.55 Å². The first-order valence-electron chi connectivity index (χ1n) is 19.1. The molecule has 2 heteroatoms. The van der Waals surface area contributed by atoms with Gasteiger partial charge >= 0.3 is 0 Å². The van der Waals surface area contributed by atoms with E-state index in [0.29, 0.717) is 33.7 Å². The monoisotopic (exact) mass is 560 g/mol. The van der Waals surface area contributed by atoms with E-state index in [4.69, 9.17) is 18.7 Å². The molecule has 0 radical (unpaired) electrons. The summed E-state index contributed by atoms with van der Waals surface area (Å²) in [5, 5.41) is 2.58. The molecule has 0 atom stereocenters. The number of hydrogen-bond acceptors (Lipinski definition) is 1. The number of nitrogens with zero attached hydrogens (tertiary/aromatic N) is 2. The van der Waals surface area contributed by atoms with Crippen LogP contribution in [0, 0.1) is 0 Å². The van der Waals surface area contributed by atoms with Crippen LogP contribution in [0.1, 0.15) is 26.5 Å². The van der Waals surface area contributed by atoms with Gasteiger partial charge < -0.3 is 0 Å². The molecule has 1 heterocycles. The highest BCUT2D eigenvalue weighted by Crippen LogP contribution is 2.45. The van der Waals surface area contributed by atoms with E-state index in [0.717, 1.165) is 39.1 Å². The molecule has 0 unspecified atom stereocenters. The molecule has 0 saturated heterocycles. The molecule has 8 aromatic rings. The summed E-state index contributed by atoms with van der Waals surface area (Å²) in [6.07, 6.45) is 0.706. The molecule has 2 nitrogen and oxygen atoms in total. The van der Waals surface area contributed by atoms with Crippen LogP contribution in [0.15, 0.2) is 151 Å². The van der Waals surface area contributed by atoms with Crippen molar-refractivity contribution in [3.63, 3.8) is 0 Å². The predicted molar refractivity (Wildman–Crippen MR) is 182 cm³/mol.